The van der Waals surface area contributed by atoms with Crippen LogP contribution in [0.15, 0.2) is 30.6 Å². The maximum Gasteiger partial charge on any atom is 0.253 e. The van der Waals surface area contributed by atoms with Crippen LogP contribution in [-0.2, 0) is 0 Å². The number of pyridine rings is 1. The SMILES string of the molecule is COc1nccc2c1C(=O)CC1(CCN(C(=O)c3cc(C)c4[nH]ncc4c3)CC1)O2. The number of ketones is 1. The fourth-order valence-corrected chi connectivity index (χ4v) is 4.51. The molecule has 2 aromatic heterocycles. The third kappa shape index (κ3) is 2.91. The van der Waals surface area contributed by atoms with Gasteiger partial charge in [-0.2, -0.15) is 5.10 Å². The molecule has 0 atom stereocenters. The van der Waals surface area contributed by atoms with Gasteiger partial charge in [0.25, 0.3) is 5.91 Å². The molecule has 0 unspecified atom stereocenters. The molecule has 1 N–H and O–H groups in total. The van der Waals surface area contributed by atoms with Gasteiger partial charge in [0.15, 0.2) is 5.78 Å². The van der Waals surface area contributed by atoms with E-state index < -0.39 is 5.60 Å². The molecule has 2 aliphatic heterocycles. The summed E-state index contributed by atoms with van der Waals surface area (Å²) in [6.07, 6.45) is 4.77. The van der Waals surface area contributed by atoms with Gasteiger partial charge < -0.3 is 14.4 Å². The Morgan fingerprint density at radius 2 is 2.10 bits per heavy atom. The smallest absolute Gasteiger partial charge is 0.253 e. The molecule has 2 aliphatic rings. The zero-order chi connectivity index (χ0) is 20.9. The van der Waals surface area contributed by atoms with Crippen molar-refractivity contribution < 1.29 is 19.1 Å². The number of H-pyrrole nitrogens is 1. The number of hydrogen-bond donors (Lipinski definition) is 1. The minimum atomic E-state index is -0.586. The van der Waals surface area contributed by atoms with Crippen molar-refractivity contribution in [3.63, 3.8) is 0 Å². The molecule has 8 heteroatoms. The Hall–Kier alpha value is -3.42. The lowest BCUT2D eigenvalue weighted by Gasteiger charge is -2.44. The van der Waals surface area contributed by atoms with Crippen LogP contribution in [0, 0.1) is 6.92 Å². The van der Waals surface area contributed by atoms with Gasteiger partial charge in [-0.1, -0.05) is 0 Å². The van der Waals surface area contributed by atoms with Gasteiger partial charge >= 0.3 is 0 Å². The molecule has 154 valence electrons. The van der Waals surface area contributed by atoms with Crippen molar-refractivity contribution in [2.24, 2.45) is 0 Å². The molecular weight excluding hydrogens is 384 g/mol. The molecule has 1 saturated heterocycles. The molecule has 0 radical (unpaired) electrons. The second kappa shape index (κ2) is 6.83. The third-order valence-corrected chi connectivity index (χ3v) is 6.11. The van der Waals surface area contributed by atoms with Crippen LogP contribution < -0.4 is 9.47 Å². The number of Topliss-reactive ketones (excluding diaryl/α,β-unsaturated/α-hetero) is 1. The van der Waals surface area contributed by atoms with Gasteiger partial charge in [-0.25, -0.2) is 4.98 Å². The number of piperidine rings is 1. The van der Waals surface area contributed by atoms with Crippen LogP contribution in [0.3, 0.4) is 0 Å². The van der Waals surface area contributed by atoms with Crippen molar-refractivity contribution in [1.29, 1.82) is 0 Å². The largest absolute Gasteiger partial charge is 0.486 e. The first-order valence-electron chi connectivity index (χ1n) is 9.98. The Morgan fingerprint density at radius 1 is 1.30 bits per heavy atom. The summed E-state index contributed by atoms with van der Waals surface area (Å²) in [7, 11) is 1.49. The van der Waals surface area contributed by atoms with E-state index in [0.717, 1.165) is 16.5 Å². The molecule has 30 heavy (non-hydrogen) atoms. The van der Waals surface area contributed by atoms with Crippen molar-refractivity contribution >= 4 is 22.6 Å². The predicted octanol–water partition coefficient (Wildman–Crippen LogP) is 2.92. The highest BCUT2D eigenvalue weighted by atomic mass is 16.5. The van der Waals surface area contributed by atoms with E-state index >= 15 is 0 Å². The number of benzene rings is 1. The van der Waals surface area contributed by atoms with E-state index in [9.17, 15) is 9.59 Å². The number of methoxy groups -OCH3 is 1. The quantitative estimate of drug-likeness (QED) is 0.703. The molecular formula is C22H22N4O4. The van der Waals surface area contributed by atoms with E-state index in [1.54, 1.807) is 18.5 Å². The highest BCUT2D eigenvalue weighted by molar-refractivity contribution is 6.02. The molecule has 1 fully saturated rings. The van der Waals surface area contributed by atoms with Gasteiger partial charge in [-0.05, 0) is 30.7 Å². The van der Waals surface area contributed by atoms with Crippen molar-refractivity contribution in [3.05, 3.63) is 47.3 Å². The van der Waals surface area contributed by atoms with Crippen molar-refractivity contribution in [2.45, 2.75) is 31.8 Å². The summed E-state index contributed by atoms with van der Waals surface area (Å²) in [5.41, 5.74) is 2.41. The summed E-state index contributed by atoms with van der Waals surface area (Å²) in [4.78, 5) is 31.9. The zero-order valence-corrected chi connectivity index (χ0v) is 16.9. The number of amides is 1. The zero-order valence-electron chi connectivity index (χ0n) is 16.9. The van der Waals surface area contributed by atoms with Crippen LogP contribution in [0.1, 0.15) is 45.5 Å². The van der Waals surface area contributed by atoms with E-state index in [1.165, 1.54) is 7.11 Å². The van der Waals surface area contributed by atoms with Gasteiger partial charge in [-0.15, -0.1) is 0 Å². The fourth-order valence-electron chi connectivity index (χ4n) is 4.51. The van der Waals surface area contributed by atoms with E-state index in [4.69, 9.17) is 9.47 Å². The molecule has 0 aliphatic carbocycles. The number of carbonyl (C=O) groups is 2. The fraction of sp³-hybridized carbons (Fsp3) is 0.364. The lowest BCUT2D eigenvalue weighted by molar-refractivity contribution is -0.00613. The molecule has 1 spiro atoms. The number of rotatable bonds is 2. The second-order valence-corrected chi connectivity index (χ2v) is 8.00. The number of aryl methyl sites for hydroxylation is 1. The van der Waals surface area contributed by atoms with Crippen LogP contribution in [0.5, 0.6) is 11.6 Å². The van der Waals surface area contributed by atoms with E-state index in [2.05, 4.69) is 15.2 Å². The first kappa shape index (κ1) is 18.6. The Kier molecular flexibility index (Phi) is 4.23. The minimum absolute atomic E-state index is 0.00976. The molecule has 4 heterocycles. The molecule has 0 saturated carbocycles. The molecule has 0 bridgehead atoms. The lowest BCUT2D eigenvalue weighted by Crippen LogP contribution is -2.52. The van der Waals surface area contributed by atoms with Gasteiger partial charge in [0.2, 0.25) is 5.88 Å². The predicted molar refractivity (Wildman–Crippen MR) is 109 cm³/mol. The highest BCUT2D eigenvalue weighted by Gasteiger charge is 2.45. The first-order chi connectivity index (χ1) is 14.5. The minimum Gasteiger partial charge on any atom is -0.486 e. The second-order valence-electron chi connectivity index (χ2n) is 8.00. The molecule has 3 aromatic rings. The standard InChI is InChI=1S/C22H22N4O4/c1-13-9-14(10-15-12-24-25-19(13)15)21(28)26-7-4-22(5-8-26)11-16(27)18-17(30-22)3-6-23-20(18)29-2/h3,6,9-10,12H,4-5,7-8,11H2,1-2H3,(H,24,25). The number of hydrogen-bond acceptors (Lipinski definition) is 6. The van der Waals surface area contributed by atoms with Crippen LogP contribution in [0.2, 0.25) is 0 Å². The monoisotopic (exact) mass is 406 g/mol. The van der Waals surface area contributed by atoms with Crippen molar-refractivity contribution in [3.8, 4) is 11.6 Å². The molecule has 1 amide bonds. The average molecular weight is 406 g/mol. The number of nitrogens with one attached hydrogen (secondary N) is 1. The number of nitrogens with zero attached hydrogens (tertiary/aromatic N) is 3. The maximum absolute atomic E-state index is 13.1. The summed E-state index contributed by atoms with van der Waals surface area (Å²) in [5, 5.41) is 7.94. The van der Waals surface area contributed by atoms with E-state index in [0.29, 0.717) is 48.7 Å². The maximum atomic E-state index is 13.1. The van der Waals surface area contributed by atoms with Crippen LogP contribution in [0.4, 0.5) is 0 Å². The average Bonchev–Trinajstić information content (AvgIpc) is 3.22. The molecule has 8 nitrogen and oxygen atoms in total. The van der Waals surface area contributed by atoms with Crippen LogP contribution in [0.25, 0.3) is 10.9 Å². The van der Waals surface area contributed by atoms with E-state index in [-0.39, 0.29) is 18.1 Å². The topological polar surface area (TPSA) is 97.4 Å². The number of carbonyl (C=O) groups excluding carboxylic acids is 2. The van der Waals surface area contributed by atoms with Crippen molar-refractivity contribution in [1.82, 2.24) is 20.1 Å². The summed E-state index contributed by atoms with van der Waals surface area (Å²) in [5.74, 6) is 0.773. The summed E-state index contributed by atoms with van der Waals surface area (Å²) in [6.45, 7) is 3.03. The summed E-state index contributed by atoms with van der Waals surface area (Å²) in [6, 6.07) is 5.47. The number of aromatic amines is 1. The molecule has 1 aromatic carbocycles. The Bertz CT molecular complexity index is 1160. The Morgan fingerprint density at radius 3 is 2.87 bits per heavy atom. The Balaban J connectivity index is 1.34. The third-order valence-electron chi connectivity index (χ3n) is 6.11. The summed E-state index contributed by atoms with van der Waals surface area (Å²) >= 11 is 0. The number of aromatic nitrogens is 3. The number of likely N-dealkylation sites (tertiary alicyclic amines) is 1. The van der Waals surface area contributed by atoms with Gasteiger partial charge in [-0.3, -0.25) is 14.7 Å². The van der Waals surface area contributed by atoms with E-state index in [1.807, 2.05) is 24.0 Å². The first-order valence-corrected chi connectivity index (χ1v) is 9.98. The lowest BCUT2D eigenvalue weighted by atomic mass is 9.82. The molecule has 5 rings (SSSR count). The van der Waals surface area contributed by atoms with Crippen molar-refractivity contribution in [2.75, 3.05) is 20.2 Å². The Labute approximate surface area is 173 Å². The van der Waals surface area contributed by atoms with Gasteiger partial charge in [0, 0.05) is 43.1 Å². The van der Waals surface area contributed by atoms with Crippen LogP contribution in [-0.4, -0.2) is 57.6 Å². The summed E-state index contributed by atoms with van der Waals surface area (Å²) < 4.78 is 11.5. The van der Waals surface area contributed by atoms with Crippen LogP contribution >= 0.6 is 0 Å². The van der Waals surface area contributed by atoms with Gasteiger partial charge in [0.05, 0.1) is 25.2 Å². The highest BCUT2D eigenvalue weighted by Crippen LogP contribution is 2.42. The number of fused-ring (bicyclic) bond motifs is 2. The number of ether oxygens (including phenoxy) is 2. The normalized spacial score (nSPS) is 17.7. The van der Waals surface area contributed by atoms with Gasteiger partial charge in [0.1, 0.15) is 16.9 Å².